The lowest BCUT2D eigenvalue weighted by atomic mass is 10.1. The Morgan fingerprint density at radius 1 is 1.45 bits per heavy atom. The lowest BCUT2D eigenvalue weighted by Gasteiger charge is -2.14. The van der Waals surface area contributed by atoms with Crippen LogP contribution in [0.3, 0.4) is 0 Å². The first-order valence-electron chi connectivity index (χ1n) is 4.50. The highest BCUT2D eigenvalue weighted by Gasteiger charge is 2.25. The first kappa shape index (κ1) is 10.9. The van der Waals surface area contributed by atoms with Crippen LogP contribution in [-0.4, -0.2) is 31.2 Å². The van der Waals surface area contributed by atoms with Crippen molar-refractivity contribution in [2.24, 2.45) is 5.92 Å². The summed E-state index contributed by atoms with van der Waals surface area (Å²) in [5.41, 5.74) is 0. The molecule has 0 spiro atoms. The van der Waals surface area contributed by atoms with E-state index in [1.165, 1.54) is 0 Å². The van der Waals surface area contributed by atoms with E-state index in [9.17, 15) is 4.39 Å². The summed E-state index contributed by atoms with van der Waals surface area (Å²) in [6.07, 6.45) is 1.03. The minimum Gasteiger partial charge on any atom is -0.301 e. The van der Waals surface area contributed by atoms with Crippen molar-refractivity contribution in [2.75, 3.05) is 20.3 Å². The van der Waals surface area contributed by atoms with Gasteiger partial charge in [-0.1, -0.05) is 20.8 Å². The predicted octanol–water partition coefficient (Wildman–Crippen LogP) is 2.32. The second-order valence-corrected chi connectivity index (χ2v) is 3.09. The molecule has 0 aliphatic carbocycles. The third kappa shape index (κ3) is 3.19. The van der Waals surface area contributed by atoms with Crippen molar-refractivity contribution in [3.05, 3.63) is 0 Å². The fourth-order valence-electron chi connectivity index (χ4n) is 1.54. The van der Waals surface area contributed by atoms with Crippen molar-refractivity contribution in [2.45, 2.75) is 33.2 Å². The SMILES string of the molecule is CC.CC1CC(CF)N(C)C1. The zero-order chi connectivity index (χ0) is 8.85. The Bertz CT molecular complexity index is 95.6. The average molecular weight is 161 g/mol. The Hall–Kier alpha value is -0.110. The second kappa shape index (κ2) is 5.53. The molecule has 2 heteroatoms. The van der Waals surface area contributed by atoms with Gasteiger partial charge >= 0.3 is 0 Å². The first-order valence-corrected chi connectivity index (χ1v) is 4.50. The number of hydrogen-bond donors (Lipinski definition) is 0. The largest absolute Gasteiger partial charge is 0.301 e. The van der Waals surface area contributed by atoms with Gasteiger partial charge < -0.3 is 4.90 Å². The van der Waals surface area contributed by atoms with E-state index in [1.807, 2.05) is 20.9 Å². The van der Waals surface area contributed by atoms with E-state index in [2.05, 4.69) is 11.8 Å². The third-order valence-electron chi connectivity index (χ3n) is 2.08. The lowest BCUT2D eigenvalue weighted by molar-refractivity contribution is 0.255. The first-order chi connectivity index (χ1) is 5.24. The van der Waals surface area contributed by atoms with Gasteiger partial charge in [0, 0.05) is 12.6 Å². The number of hydrogen-bond acceptors (Lipinski definition) is 1. The van der Waals surface area contributed by atoms with Crippen molar-refractivity contribution in [3.8, 4) is 0 Å². The van der Waals surface area contributed by atoms with Gasteiger partial charge in [-0.25, -0.2) is 4.39 Å². The molecular weight excluding hydrogens is 141 g/mol. The van der Waals surface area contributed by atoms with Crippen LogP contribution in [-0.2, 0) is 0 Å². The predicted molar refractivity (Wildman–Crippen MR) is 47.5 cm³/mol. The van der Waals surface area contributed by atoms with Gasteiger partial charge in [-0.3, -0.25) is 0 Å². The smallest absolute Gasteiger partial charge is 0.105 e. The molecule has 1 fully saturated rings. The number of rotatable bonds is 1. The van der Waals surface area contributed by atoms with Crippen LogP contribution in [0, 0.1) is 5.92 Å². The minimum absolute atomic E-state index is 0.180. The van der Waals surface area contributed by atoms with Crippen LogP contribution in [0.15, 0.2) is 0 Å². The maximum Gasteiger partial charge on any atom is 0.105 e. The molecule has 0 aromatic heterocycles. The van der Waals surface area contributed by atoms with Gasteiger partial charge in [0.15, 0.2) is 0 Å². The minimum atomic E-state index is -0.180. The maximum absolute atomic E-state index is 12.1. The summed E-state index contributed by atoms with van der Waals surface area (Å²) >= 11 is 0. The Balaban J connectivity index is 0.000000461. The molecule has 0 bridgehead atoms. The molecule has 1 saturated heterocycles. The van der Waals surface area contributed by atoms with E-state index < -0.39 is 0 Å². The molecular formula is C9H20FN. The standard InChI is InChI=1S/C7H14FN.C2H6/c1-6-3-7(4-8)9(2)5-6;1-2/h6-7H,3-5H2,1-2H3;1-2H3. The van der Waals surface area contributed by atoms with Crippen LogP contribution in [0.5, 0.6) is 0 Å². The summed E-state index contributed by atoms with van der Waals surface area (Å²) in [6, 6.07) is 0.208. The summed E-state index contributed by atoms with van der Waals surface area (Å²) < 4.78 is 12.1. The second-order valence-electron chi connectivity index (χ2n) is 3.09. The Labute approximate surface area is 69.6 Å². The normalized spacial score (nSPS) is 31.4. The van der Waals surface area contributed by atoms with Gasteiger partial charge in [0.2, 0.25) is 0 Å². The van der Waals surface area contributed by atoms with Gasteiger partial charge in [-0.2, -0.15) is 0 Å². The number of nitrogens with zero attached hydrogens (tertiary/aromatic N) is 1. The highest BCUT2D eigenvalue weighted by Crippen LogP contribution is 2.20. The molecule has 0 saturated carbocycles. The maximum atomic E-state index is 12.1. The molecule has 68 valence electrons. The lowest BCUT2D eigenvalue weighted by Crippen LogP contribution is -2.26. The highest BCUT2D eigenvalue weighted by molar-refractivity contribution is 4.79. The molecule has 2 unspecified atom stereocenters. The van der Waals surface area contributed by atoms with E-state index in [1.54, 1.807) is 0 Å². The molecule has 1 rings (SSSR count). The van der Waals surface area contributed by atoms with E-state index >= 15 is 0 Å². The van der Waals surface area contributed by atoms with Crippen molar-refractivity contribution >= 4 is 0 Å². The molecule has 11 heavy (non-hydrogen) atoms. The number of alkyl halides is 1. The van der Waals surface area contributed by atoms with Crippen molar-refractivity contribution in [1.29, 1.82) is 0 Å². The average Bonchev–Trinajstić information content (AvgIpc) is 2.33. The van der Waals surface area contributed by atoms with E-state index in [-0.39, 0.29) is 12.7 Å². The Morgan fingerprint density at radius 2 is 2.00 bits per heavy atom. The van der Waals surface area contributed by atoms with E-state index in [0.29, 0.717) is 5.92 Å². The van der Waals surface area contributed by atoms with Crippen LogP contribution in [0.25, 0.3) is 0 Å². The van der Waals surface area contributed by atoms with Gasteiger partial charge in [-0.05, 0) is 19.4 Å². The van der Waals surface area contributed by atoms with Crippen LogP contribution in [0.4, 0.5) is 4.39 Å². The van der Waals surface area contributed by atoms with Crippen LogP contribution in [0.2, 0.25) is 0 Å². The van der Waals surface area contributed by atoms with Crippen LogP contribution in [0.1, 0.15) is 27.2 Å². The Morgan fingerprint density at radius 3 is 2.18 bits per heavy atom. The molecule has 0 radical (unpaired) electrons. The van der Waals surface area contributed by atoms with Gasteiger partial charge in [0.05, 0.1) is 0 Å². The topological polar surface area (TPSA) is 3.24 Å². The van der Waals surface area contributed by atoms with Crippen LogP contribution < -0.4 is 0 Å². The van der Waals surface area contributed by atoms with E-state index in [0.717, 1.165) is 13.0 Å². The van der Waals surface area contributed by atoms with Crippen LogP contribution >= 0.6 is 0 Å². The molecule has 1 heterocycles. The summed E-state index contributed by atoms with van der Waals surface area (Å²) in [6.45, 7) is 7.06. The van der Waals surface area contributed by atoms with Crippen molar-refractivity contribution in [3.63, 3.8) is 0 Å². The van der Waals surface area contributed by atoms with Crippen molar-refractivity contribution < 1.29 is 4.39 Å². The number of likely N-dealkylation sites (tertiary alicyclic amines) is 1. The molecule has 1 nitrogen and oxygen atoms in total. The molecule has 0 amide bonds. The zero-order valence-electron chi connectivity index (χ0n) is 8.10. The molecule has 0 aromatic carbocycles. The van der Waals surface area contributed by atoms with Gasteiger partial charge in [0.1, 0.15) is 6.67 Å². The van der Waals surface area contributed by atoms with E-state index in [4.69, 9.17) is 0 Å². The molecule has 0 aromatic rings. The number of halogens is 1. The third-order valence-corrected chi connectivity index (χ3v) is 2.08. The highest BCUT2D eigenvalue weighted by atomic mass is 19.1. The molecule has 0 N–H and O–H groups in total. The quantitative estimate of drug-likeness (QED) is 0.570. The molecule has 2 atom stereocenters. The summed E-state index contributed by atoms with van der Waals surface area (Å²) in [4.78, 5) is 2.10. The monoisotopic (exact) mass is 161 g/mol. The van der Waals surface area contributed by atoms with Crippen molar-refractivity contribution in [1.82, 2.24) is 4.90 Å². The molecule has 1 aliphatic heterocycles. The summed E-state index contributed by atoms with van der Waals surface area (Å²) in [5.74, 6) is 0.691. The summed E-state index contributed by atoms with van der Waals surface area (Å²) in [5, 5.41) is 0. The fourth-order valence-corrected chi connectivity index (χ4v) is 1.54. The van der Waals surface area contributed by atoms with Gasteiger partial charge in [-0.15, -0.1) is 0 Å². The Kier molecular flexibility index (Phi) is 5.47. The zero-order valence-corrected chi connectivity index (χ0v) is 8.10. The fraction of sp³-hybridized carbons (Fsp3) is 1.00. The van der Waals surface area contributed by atoms with Gasteiger partial charge in [0.25, 0.3) is 0 Å². The summed E-state index contributed by atoms with van der Waals surface area (Å²) in [7, 11) is 1.99. The molecule has 1 aliphatic rings.